The van der Waals surface area contributed by atoms with Crippen LogP contribution in [-0.4, -0.2) is 0 Å². The van der Waals surface area contributed by atoms with E-state index < -0.39 is 0 Å². The summed E-state index contributed by atoms with van der Waals surface area (Å²) in [6.07, 6.45) is 12.8. The molecule has 0 radical (unpaired) electrons. The molecule has 1 aliphatic rings. The summed E-state index contributed by atoms with van der Waals surface area (Å²) in [5, 5.41) is 0. The largest absolute Gasteiger partial charge is 0.402 e. The third-order valence-corrected chi connectivity index (χ3v) is 2.33. The van der Waals surface area contributed by atoms with Crippen molar-refractivity contribution in [1.29, 1.82) is 0 Å². The van der Waals surface area contributed by atoms with Gasteiger partial charge in [-0.25, -0.2) is 0 Å². The molecule has 0 aromatic rings. The van der Waals surface area contributed by atoms with Crippen molar-refractivity contribution < 1.29 is 0 Å². The molecule has 0 atom stereocenters. The predicted octanol–water partition coefficient (Wildman–Crippen LogP) is 2.96. The molecule has 0 amide bonds. The second kappa shape index (κ2) is 5.22. The van der Waals surface area contributed by atoms with Crippen LogP contribution >= 0.6 is 0 Å². The first kappa shape index (κ1) is 8.63. The van der Waals surface area contributed by atoms with E-state index in [1.165, 1.54) is 44.9 Å². The Labute approximate surface area is 69.7 Å². The second-order valence-electron chi connectivity index (χ2n) is 3.44. The molecule has 1 heteroatoms. The number of allylic oxidation sites excluding steroid dienone is 2. The summed E-state index contributed by atoms with van der Waals surface area (Å²) in [6, 6.07) is 0. The van der Waals surface area contributed by atoms with Gasteiger partial charge in [0, 0.05) is 5.70 Å². The van der Waals surface area contributed by atoms with Gasteiger partial charge in [-0.1, -0.05) is 31.8 Å². The van der Waals surface area contributed by atoms with Gasteiger partial charge in [-0.3, -0.25) is 0 Å². The van der Waals surface area contributed by atoms with Gasteiger partial charge in [-0.05, 0) is 25.7 Å². The zero-order valence-corrected chi connectivity index (χ0v) is 7.31. The van der Waals surface area contributed by atoms with Crippen LogP contribution in [-0.2, 0) is 0 Å². The fourth-order valence-electron chi connectivity index (χ4n) is 1.57. The van der Waals surface area contributed by atoms with E-state index >= 15 is 0 Å². The normalized spacial score (nSPS) is 22.4. The van der Waals surface area contributed by atoms with E-state index in [0.717, 1.165) is 12.1 Å². The molecule has 0 saturated heterocycles. The quantitative estimate of drug-likeness (QED) is 0.569. The summed E-state index contributed by atoms with van der Waals surface area (Å²) in [7, 11) is 0. The van der Waals surface area contributed by atoms with Crippen LogP contribution in [0.15, 0.2) is 11.8 Å². The Morgan fingerprint density at radius 1 is 0.909 bits per heavy atom. The highest BCUT2D eigenvalue weighted by Gasteiger charge is 1.96. The van der Waals surface area contributed by atoms with Gasteiger partial charge < -0.3 is 5.73 Å². The molecule has 0 heterocycles. The Morgan fingerprint density at radius 3 is 2.36 bits per heavy atom. The lowest BCUT2D eigenvalue weighted by Gasteiger charge is -2.05. The van der Waals surface area contributed by atoms with Gasteiger partial charge in [0.05, 0.1) is 0 Å². The van der Waals surface area contributed by atoms with Crippen molar-refractivity contribution in [2.24, 2.45) is 5.73 Å². The molecule has 1 rings (SSSR count). The summed E-state index contributed by atoms with van der Waals surface area (Å²) in [5.41, 5.74) is 6.90. The molecule has 0 bridgehead atoms. The van der Waals surface area contributed by atoms with Crippen molar-refractivity contribution in [2.45, 2.75) is 51.4 Å². The number of rotatable bonds is 0. The van der Waals surface area contributed by atoms with Crippen LogP contribution in [0, 0.1) is 0 Å². The van der Waals surface area contributed by atoms with Gasteiger partial charge >= 0.3 is 0 Å². The van der Waals surface area contributed by atoms with Crippen LogP contribution < -0.4 is 5.73 Å². The highest BCUT2D eigenvalue weighted by Crippen LogP contribution is 2.13. The van der Waals surface area contributed by atoms with Crippen molar-refractivity contribution in [2.75, 3.05) is 0 Å². The van der Waals surface area contributed by atoms with Crippen molar-refractivity contribution in [3.8, 4) is 0 Å². The van der Waals surface area contributed by atoms with Crippen LogP contribution in [0.4, 0.5) is 0 Å². The molecule has 11 heavy (non-hydrogen) atoms. The average molecular weight is 153 g/mol. The van der Waals surface area contributed by atoms with Gasteiger partial charge in [-0.15, -0.1) is 0 Å². The summed E-state index contributed by atoms with van der Waals surface area (Å²) in [6.45, 7) is 0. The molecule has 0 fully saturated rings. The molecule has 0 aromatic heterocycles. The minimum Gasteiger partial charge on any atom is -0.402 e. The molecule has 1 nitrogen and oxygen atoms in total. The maximum absolute atomic E-state index is 5.79. The van der Waals surface area contributed by atoms with E-state index in [4.69, 9.17) is 5.73 Å². The molecule has 1 aliphatic carbocycles. The Bertz CT molecular complexity index is 127. The third kappa shape index (κ3) is 4.07. The van der Waals surface area contributed by atoms with Crippen LogP contribution in [0.25, 0.3) is 0 Å². The molecule has 2 N–H and O–H groups in total. The fourth-order valence-corrected chi connectivity index (χ4v) is 1.57. The van der Waals surface area contributed by atoms with E-state index in [0.29, 0.717) is 0 Å². The van der Waals surface area contributed by atoms with Crippen LogP contribution in [0.2, 0.25) is 0 Å². The minimum absolute atomic E-state index is 1.12. The van der Waals surface area contributed by atoms with E-state index in [1.807, 2.05) is 0 Å². The number of hydrogen-bond donors (Lipinski definition) is 1. The van der Waals surface area contributed by atoms with Gasteiger partial charge in [0.2, 0.25) is 0 Å². The highest BCUT2D eigenvalue weighted by atomic mass is 14.6. The van der Waals surface area contributed by atoms with Crippen molar-refractivity contribution in [1.82, 2.24) is 0 Å². The zero-order chi connectivity index (χ0) is 7.94. The molecule has 0 aliphatic heterocycles. The smallest absolute Gasteiger partial charge is 0.00399 e. The molecule has 64 valence electrons. The summed E-state index contributed by atoms with van der Waals surface area (Å²) in [5.74, 6) is 0. The van der Waals surface area contributed by atoms with Gasteiger partial charge in [-0.2, -0.15) is 0 Å². The van der Waals surface area contributed by atoms with Gasteiger partial charge in [0.1, 0.15) is 0 Å². The van der Waals surface area contributed by atoms with Crippen molar-refractivity contribution in [3.63, 3.8) is 0 Å². The molecule has 0 spiro atoms. The monoisotopic (exact) mass is 153 g/mol. The first-order valence-electron chi connectivity index (χ1n) is 4.84. The molecule has 0 aromatic carbocycles. The van der Waals surface area contributed by atoms with Crippen molar-refractivity contribution in [3.05, 3.63) is 11.8 Å². The Hall–Kier alpha value is -0.460. The number of hydrogen-bond acceptors (Lipinski definition) is 1. The van der Waals surface area contributed by atoms with E-state index in [1.54, 1.807) is 0 Å². The average Bonchev–Trinajstić information content (AvgIpc) is 2.03. The fraction of sp³-hybridized carbons (Fsp3) is 0.800. The lowest BCUT2D eigenvalue weighted by Crippen LogP contribution is -1.98. The number of nitrogens with two attached hydrogens (primary N) is 1. The van der Waals surface area contributed by atoms with Crippen LogP contribution in [0.5, 0.6) is 0 Å². The summed E-state index contributed by atoms with van der Waals surface area (Å²) >= 11 is 0. The Balaban J connectivity index is 2.27. The standard InChI is InChI=1S/C10H19N/c11-10-8-6-4-2-1-3-5-7-9-10/h8H,1-7,9,11H2. The molecule has 0 unspecified atom stereocenters. The summed E-state index contributed by atoms with van der Waals surface area (Å²) < 4.78 is 0. The minimum atomic E-state index is 1.12. The molecular weight excluding hydrogens is 134 g/mol. The van der Waals surface area contributed by atoms with E-state index in [2.05, 4.69) is 6.08 Å². The zero-order valence-electron chi connectivity index (χ0n) is 7.31. The lowest BCUT2D eigenvalue weighted by molar-refractivity contribution is 0.584. The Morgan fingerprint density at radius 2 is 1.55 bits per heavy atom. The SMILES string of the molecule is NC1=CCCCCCCCC1. The van der Waals surface area contributed by atoms with Crippen LogP contribution in [0.1, 0.15) is 51.4 Å². The highest BCUT2D eigenvalue weighted by molar-refractivity contribution is 4.96. The molecular formula is C10H19N. The first-order chi connectivity index (χ1) is 5.39. The van der Waals surface area contributed by atoms with Crippen molar-refractivity contribution >= 4 is 0 Å². The van der Waals surface area contributed by atoms with E-state index in [-0.39, 0.29) is 0 Å². The predicted molar refractivity (Wildman–Crippen MR) is 49.2 cm³/mol. The maximum Gasteiger partial charge on any atom is 0.00399 e. The Kier molecular flexibility index (Phi) is 4.10. The summed E-state index contributed by atoms with van der Waals surface area (Å²) in [4.78, 5) is 0. The van der Waals surface area contributed by atoms with Gasteiger partial charge in [0.15, 0.2) is 0 Å². The molecule has 0 saturated carbocycles. The van der Waals surface area contributed by atoms with E-state index in [9.17, 15) is 0 Å². The lowest BCUT2D eigenvalue weighted by atomic mass is 10.0. The second-order valence-corrected chi connectivity index (χ2v) is 3.44. The third-order valence-electron chi connectivity index (χ3n) is 2.33. The maximum atomic E-state index is 5.79. The van der Waals surface area contributed by atoms with Crippen LogP contribution in [0.3, 0.4) is 0 Å². The topological polar surface area (TPSA) is 26.0 Å². The first-order valence-corrected chi connectivity index (χ1v) is 4.84. The van der Waals surface area contributed by atoms with Gasteiger partial charge in [0.25, 0.3) is 0 Å².